The Kier molecular flexibility index (Phi) is 9.73. The van der Waals surface area contributed by atoms with E-state index in [1.54, 1.807) is 76.2 Å². The number of hydrogen-bond donors (Lipinski definition) is 4. The Hall–Kier alpha value is -5.40. The molecule has 48 heavy (non-hydrogen) atoms. The minimum absolute atomic E-state index is 0.324. The van der Waals surface area contributed by atoms with Gasteiger partial charge in [-0.2, -0.15) is 10.2 Å². The van der Waals surface area contributed by atoms with Gasteiger partial charge >= 0.3 is 0 Å². The topological polar surface area (TPSA) is 182 Å². The van der Waals surface area contributed by atoms with Gasteiger partial charge in [-0.3, -0.25) is 28.8 Å². The number of hydrogen-bond acceptors (Lipinski definition) is 8. The average Bonchev–Trinajstić information content (AvgIpc) is 3.75. The van der Waals surface area contributed by atoms with E-state index in [1.807, 2.05) is 0 Å². The van der Waals surface area contributed by atoms with Gasteiger partial charge in [0.15, 0.2) is 0 Å². The standard InChI is InChI=1S/C34H40N8O6/c1-33(2)31(47)39-35-19-21-9-13-24(14-10-21)30(46)42-18-6-8-26(42)28(44)38-34(3,4)32(48)40-36-20-22-11-15-23(16-12-22)29(45)41-17-5-7-25(41)27(43)37-33/h9-16,19-20,25-26H,5-8,17-18H2,1-4H3,(H,37,43)(H,38,44)(H,39,47)(H,40,48)/t25-,26+. The fourth-order valence-electron chi connectivity index (χ4n) is 5.83. The molecule has 14 heteroatoms. The molecule has 4 N–H and O–H groups in total. The maximum Gasteiger partial charge on any atom is 0.265 e. The number of amides is 6. The molecule has 252 valence electrons. The van der Waals surface area contributed by atoms with Crippen LogP contribution in [0.5, 0.6) is 0 Å². The lowest BCUT2D eigenvalue weighted by Gasteiger charge is -2.29. The number of nitrogens with one attached hydrogen (secondary N) is 4. The first-order chi connectivity index (χ1) is 22.8. The third-order valence-corrected chi connectivity index (χ3v) is 8.71. The molecule has 2 saturated heterocycles. The first-order valence-electron chi connectivity index (χ1n) is 15.9. The van der Waals surface area contributed by atoms with Crippen molar-refractivity contribution in [2.24, 2.45) is 10.2 Å². The molecule has 0 unspecified atom stereocenters. The molecular formula is C34H40N8O6. The molecule has 2 aromatic carbocycles. The SMILES string of the molecule is CC1(C)NC(=O)[C@H]2CCCN2C(=O)c2ccc(cc2)C=NNC(=O)C(C)(C)NC(=O)[C@@H]2CCCN2C(=O)c2ccc(cc2)C=NNC1=O. The van der Waals surface area contributed by atoms with Crippen molar-refractivity contribution in [1.82, 2.24) is 31.3 Å². The molecule has 0 spiro atoms. The minimum atomic E-state index is -1.34. The van der Waals surface area contributed by atoms with Crippen molar-refractivity contribution in [2.75, 3.05) is 13.1 Å². The van der Waals surface area contributed by atoms with E-state index in [4.69, 9.17) is 0 Å². The van der Waals surface area contributed by atoms with E-state index in [1.165, 1.54) is 22.2 Å². The summed E-state index contributed by atoms with van der Waals surface area (Å²) in [5.74, 6) is -2.66. The highest BCUT2D eigenvalue weighted by atomic mass is 16.2. The van der Waals surface area contributed by atoms with E-state index < -0.39 is 46.8 Å². The molecule has 0 aromatic heterocycles. The molecule has 2 fully saturated rings. The van der Waals surface area contributed by atoms with Gasteiger partial charge in [0.25, 0.3) is 23.6 Å². The second-order valence-corrected chi connectivity index (χ2v) is 13.2. The average molecular weight is 657 g/mol. The van der Waals surface area contributed by atoms with Crippen LogP contribution in [-0.4, -0.2) is 93.9 Å². The monoisotopic (exact) mass is 656 g/mol. The van der Waals surface area contributed by atoms with Crippen molar-refractivity contribution < 1.29 is 28.8 Å². The molecule has 6 amide bonds. The smallest absolute Gasteiger partial charge is 0.265 e. The normalized spacial score (nSPS) is 23.5. The summed E-state index contributed by atoms with van der Waals surface area (Å²) in [6, 6.07) is 11.5. The summed E-state index contributed by atoms with van der Waals surface area (Å²) in [5, 5.41) is 13.5. The maximum atomic E-state index is 13.4. The largest absolute Gasteiger partial charge is 0.340 e. The number of rotatable bonds is 0. The molecule has 14 nitrogen and oxygen atoms in total. The van der Waals surface area contributed by atoms with Crippen molar-refractivity contribution in [3.63, 3.8) is 0 Å². The van der Waals surface area contributed by atoms with Gasteiger partial charge in [0, 0.05) is 24.2 Å². The summed E-state index contributed by atoms with van der Waals surface area (Å²) < 4.78 is 0. The minimum Gasteiger partial charge on any atom is -0.340 e. The Morgan fingerprint density at radius 1 is 0.583 bits per heavy atom. The van der Waals surface area contributed by atoms with Gasteiger partial charge < -0.3 is 20.4 Å². The Bertz CT molecular complexity index is 1540. The summed E-state index contributed by atoms with van der Waals surface area (Å²) in [5.41, 5.74) is 4.15. The molecule has 6 aliphatic rings. The van der Waals surface area contributed by atoms with E-state index in [0.717, 1.165) is 0 Å². The van der Waals surface area contributed by atoms with Gasteiger partial charge in [0.2, 0.25) is 11.8 Å². The van der Waals surface area contributed by atoms with Crippen LogP contribution >= 0.6 is 0 Å². The summed E-state index contributed by atoms with van der Waals surface area (Å²) in [7, 11) is 0. The number of carbonyl (C=O) groups is 6. The predicted octanol–water partition coefficient (Wildman–Crippen LogP) is 1.30. The van der Waals surface area contributed by atoms with Gasteiger partial charge in [-0.15, -0.1) is 0 Å². The molecule has 0 aliphatic carbocycles. The molecule has 8 rings (SSSR count). The molecular weight excluding hydrogens is 616 g/mol. The Balaban J connectivity index is 1.40. The second kappa shape index (κ2) is 13.8. The van der Waals surface area contributed by atoms with Gasteiger partial charge in [0.05, 0.1) is 12.4 Å². The third kappa shape index (κ3) is 7.42. The number of hydrazone groups is 2. The summed E-state index contributed by atoms with van der Waals surface area (Å²) >= 11 is 0. The molecule has 0 radical (unpaired) electrons. The van der Waals surface area contributed by atoms with Crippen LogP contribution in [0.15, 0.2) is 58.7 Å². The molecule has 0 saturated carbocycles. The van der Waals surface area contributed by atoms with Gasteiger partial charge in [-0.25, -0.2) is 10.9 Å². The molecule has 4 bridgehead atoms. The summed E-state index contributed by atoms with van der Waals surface area (Å²) in [6.45, 7) is 6.96. The lowest BCUT2D eigenvalue weighted by atomic mass is 10.0. The Morgan fingerprint density at radius 2 is 0.938 bits per heavy atom. The van der Waals surface area contributed by atoms with Crippen LogP contribution in [0.4, 0.5) is 0 Å². The second-order valence-electron chi connectivity index (χ2n) is 13.2. The van der Waals surface area contributed by atoms with E-state index >= 15 is 0 Å². The van der Waals surface area contributed by atoms with Crippen molar-refractivity contribution >= 4 is 47.9 Å². The number of nitrogens with zero attached hydrogens (tertiary/aromatic N) is 4. The predicted molar refractivity (Wildman–Crippen MR) is 177 cm³/mol. The molecule has 2 atom stereocenters. The first kappa shape index (κ1) is 33.9. The zero-order valence-corrected chi connectivity index (χ0v) is 27.4. The highest BCUT2D eigenvalue weighted by molar-refractivity contribution is 6.01. The van der Waals surface area contributed by atoms with Gasteiger partial charge in [-0.05, 0) is 88.8 Å². The molecule has 6 heterocycles. The van der Waals surface area contributed by atoms with Crippen molar-refractivity contribution in [1.29, 1.82) is 0 Å². The van der Waals surface area contributed by atoms with E-state index in [0.29, 0.717) is 61.0 Å². The first-order valence-corrected chi connectivity index (χ1v) is 15.9. The van der Waals surface area contributed by atoms with Crippen LogP contribution in [0.2, 0.25) is 0 Å². The summed E-state index contributed by atoms with van der Waals surface area (Å²) in [6.07, 6.45) is 4.98. The lowest BCUT2D eigenvalue weighted by Crippen LogP contribution is -2.58. The van der Waals surface area contributed by atoms with Gasteiger partial charge in [0.1, 0.15) is 23.2 Å². The van der Waals surface area contributed by atoms with Crippen molar-refractivity contribution in [2.45, 2.75) is 76.5 Å². The van der Waals surface area contributed by atoms with E-state index in [2.05, 4.69) is 31.7 Å². The zero-order chi connectivity index (χ0) is 34.6. The van der Waals surface area contributed by atoms with E-state index in [9.17, 15) is 28.8 Å². The fraction of sp³-hybridized carbons (Fsp3) is 0.412. The Morgan fingerprint density at radius 3 is 1.29 bits per heavy atom. The quantitative estimate of drug-likeness (QED) is 0.332. The van der Waals surface area contributed by atoms with Crippen LogP contribution in [0.25, 0.3) is 0 Å². The van der Waals surface area contributed by atoms with Crippen molar-refractivity contribution in [3.8, 4) is 0 Å². The highest BCUT2D eigenvalue weighted by Crippen LogP contribution is 2.23. The summed E-state index contributed by atoms with van der Waals surface area (Å²) in [4.78, 5) is 82.3. The van der Waals surface area contributed by atoms with Crippen LogP contribution in [-0.2, 0) is 19.2 Å². The number of benzene rings is 2. The van der Waals surface area contributed by atoms with E-state index in [-0.39, 0.29) is 11.8 Å². The number of carbonyl (C=O) groups excluding carboxylic acids is 6. The van der Waals surface area contributed by atoms with Crippen molar-refractivity contribution in [3.05, 3.63) is 70.8 Å². The van der Waals surface area contributed by atoms with Crippen LogP contribution in [0.1, 0.15) is 85.2 Å². The lowest BCUT2D eigenvalue weighted by molar-refractivity contribution is -0.134. The third-order valence-electron chi connectivity index (χ3n) is 8.71. The van der Waals surface area contributed by atoms with Gasteiger partial charge in [-0.1, -0.05) is 24.3 Å². The Labute approximate surface area is 278 Å². The van der Waals surface area contributed by atoms with Crippen LogP contribution in [0, 0.1) is 0 Å². The maximum absolute atomic E-state index is 13.4. The molecule has 6 aliphatic heterocycles. The molecule has 2 aromatic rings. The highest BCUT2D eigenvalue weighted by Gasteiger charge is 2.40. The van der Waals surface area contributed by atoms with Crippen LogP contribution in [0.3, 0.4) is 0 Å². The fourth-order valence-corrected chi connectivity index (χ4v) is 5.83. The zero-order valence-electron chi connectivity index (χ0n) is 27.4. The van der Waals surface area contributed by atoms with Crippen LogP contribution < -0.4 is 21.5 Å².